The zero-order valence-electron chi connectivity index (χ0n) is 29.8. The monoisotopic (exact) mass is 762 g/mol. The Balaban J connectivity index is 1.13. The highest BCUT2D eigenvalue weighted by atomic mass is 35.5. The molecule has 4 atom stereocenters. The largest absolute Gasteiger partial charge is 0.461 e. The fraction of sp³-hybridized carbons (Fsp3) is 0.421. The van der Waals surface area contributed by atoms with Crippen molar-refractivity contribution in [2.24, 2.45) is 0 Å². The molecule has 0 radical (unpaired) electrons. The van der Waals surface area contributed by atoms with Gasteiger partial charge in [0.25, 0.3) is 5.89 Å². The van der Waals surface area contributed by atoms with Gasteiger partial charge in [0.15, 0.2) is 5.82 Å². The van der Waals surface area contributed by atoms with Crippen molar-refractivity contribution >= 4 is 51.1 Å². The van der Waals surface area contributed by atoms with Crippen molar-refractivity contribution in [1.29, 1.82) is 0 Å². The van der Waals surface area contributed by atoms with Gasteiger partial charge >= 0.3 is 6.01 Å². The predicted molar refractivity (Wildman–Crippen MR) is 196 cm³/mol. The minimum atomic E-state index is -1.51. The SMILES string of the molecule is CN(c1nc(OC[C@@]23CCCN2C[C@H](F)C3)nc2c(F)c(-c3cccc4cccc(Cl)c34)ncc12)C1CN(C(=O)/C=C/c2nc(C(C)(C)O)no2)C[C@@H]1F. The molecule has 6 heterocycles. The molecule has 0 aliphatic carbocycles. The fourth-order valence-electron chi connectivity index (χ4n) is 7.93. The molecular weight excluding hydrogens is 725 g/mol. The molecular formula is C38H38ClF3N8O4. The van der Waals surface area contributed by atoms with Gasteiger partial charge in [0.1, 0.15) is 41.6 Å². The molecule has 282 valence electrons. The lowest BCUT2D eigenvalue weighted by atomic mass is 9.95. The standard InChI is InChI=1S/C38H38ClF3N8O4/c1-37(2,52)35-44-28(54-47-35)11-12-29(51)49-18-26(41)27(19-49)48(3)34-24-16-43-32(23-9-4-7-21-8-5-10-25(39)30(21)23)31(42)33(24)45-36(46-34)53-20-38-13-6-14-50(38)17-22(40)15-38/h4-5,7-12,16,22,26-27,52H,6,13-15,17-20H2,1-3H3/b12-11+/t22-,26+,27?,38+/m1/s1. The van der Waals surface area contributed by atoms with Gasteiger partial charge in [-0.1, -0.05) is 47.1 Å². The number of hydrogen-bond donors (Lipinski definition) is 1. The van der Waals surface area contributed by atoms with Crippen molar-refractivity contribution in [3.05, 3.63) is 71.2 Å². The number of anilines is 1. The number of alkyl halides is 2. The van der Waals surface area contributed by atoms with Crippen molar-refractivity contribution in [2.45, 2.75) is 62.6 Å². The number of nitrogens with zero attached hydrogens (tertiary/aromatic N) is 8. The number of aliphatic hydroxyl groups is 1. The van der Waals surface area contributed by atoms with Crippen LogP contribution in [0.4, 0.5) is 19.0 Å². The Labute approximate surface area is 313 Å². The maximum atomic E-state index is 16.9. The number of likely N-dealkylation sites (tertiary alicyclic amines) is 1. The lowest BCUT2D eigenvalue weighted by molar-refractivity contribution is -0.125. The van der Waals surface area contributed by atoms with Crippen LogP contribution in [-0.2, 0) is 10.4 Å². The third kappa shape index (κ3) is 6.51. The van der Waals surface area contributed by atoms with E-state index in [9.17, 15) is 14.3 Å². The zero-order valence-corrected chi connectivity index (χ0v) is 30.6. The van der Waals surface area contributed by atoms with Crippen LogP contribution in [0.5, 0.6) is 6.01 Å². The smallest absolute Gasteiger partial charge is 0.319 e. The minimum absolute atomic E-state index is 0.00435. The average Bonchev–Trinajstić information content (AvgIpc) is 3.93. The van der Waals surface area contributed by atoms with Crippen LogP contribution in [0.25, 0.3) is 39.0 Å². The zero-order chi connectivity index (χ0) is 37.9. The summed E-state index contributed by atoms with van der Waals surface area (Å²) in [4.78, 5) is 35.9. The molecule has 0 bridgehead atoms. The molecule has 54 heavy (non-hydrogen) atoms. The molecule has 3 aromatic heterocycles. The summed E-state index contributed by atoms with van der Waals surface area (Å²) in [7, 11) is 1.61. The molecule has 1 amide bonds. The van der Waals surface area contributed by atoms with Crippen molar-refractivity contribution in [3.8, 4) is 17.3 Å². The van der Waals surface area contributed by atoms with Crippen LogP contribution in [0, 0.1) is 5.82 Å². The normalized spacial score (nSPS) is 23.3. The maximum Gasteiger partial charge on any atom is 0.319 e. The first-order valence-corrected chi connectivity index (χ1v) is 18.2. The first kappa shape index (κ1) is 36.1. The van der Waals surface area contributed by atoms with Crippen LogP contribution in [0.15, 0.2) is 53.2 Å². The first-order valence-electron chi connectivity index (χ1n) is 17.8. The second kappa shape index (κ2) is 13.8. The van der Waals surface area contributed by atoms with Crippen LogP contribution in [0.2, 0.25) is 5.02 Å². The average molecular weight is 763 g/mol. The number of ether oxygens (including phenoxy) is 1. The quantitative estimate of drug-likeness (QED) is 0.180. The fourth-order valence-corrected chi connectivity index (χ4v) is 8.22. The van der Waals surface area contributed by atoms with Gasteiger partial charge in [0.05, 0.1) is 23.5 Å². The van der Waals surface area contributed by atoms with Gasteiger partial charge in [0.2, 0.25) is 11.7 Å². The number of aromatic nitrogens is 5. The summed E-state index contributed by atoms with van der Waals surface area (Å²) in [5, 5.41) is 15.9. The Kier molecular flexibility index (Phi) is 9.21. The summed E-state index contributed by atoms with van der Waals surface area (Å²) in [6.07, 6.45) is 3.42. The summed E-state index contributed by atoms with van der Waals surface area (Å²) in [5.41, 5.74) is -1.47. The highest BCUT2D eigenvalue weighted by Gasteiger charge is 2.49. The number of rotatable bonds is 9. The Morgan fingerprint density at radius 3 is 2.74 bits per heavy atom. The number of amides is 1. The summed E-state index contributed by atoms with van der Waals surface area (Å²) in [6.45, 7) is 3.94. The van der Waals surface area contributed by atoms with Gasteiger partial charge in [-0.05, 0) is 44.7 Å². The molecule has 2 aromatic carbocycles. The number of carbonyl (C=O) groups excluding carboxylic acids is 1. The molecule has 3 fully saturated rings. The highest BCUT2D eigenvalue weighted by molar-refractivity contribution is 6.36. The van der Waals surface area contributed by atoms with E-state index < -0.39 is 41.2 Å². The number of benzene rings is 2. The molecule has 0 spiro atoms. The van der Waals surface area contributed by atoms with E-state index >= 15 is 8.78 Å². The van der Waals surface area contributed by atoms with Gasteiger partial charge in [-0.15, -0.1) is 0 Å². The Morgan fingerprint density at radius 1 is 1.17 bits per heavy atom. The van der Waals surface area contributed by atoms with Gasteiger partial charge in [-0.25, -0.2) is 13.2 Å². The molecule has 5 aromatic rings. The van der Waals surface area contributed by atoms with Crippen molar-refractivity contribution in [2.75, 3.05) is 44.7 Å². The molecule has 12 nitrogen and oxygen atoms in total. The van der Waals surface area contributed by atoms with Crippen LogP contribution >= 0.6 is 11.6 Å². The third-order valence-corrected chi connectivity index (χ3v) is 11.0. The summed E-state index contributed by atoms with van der Waals surface area (Å²) in [5.74, 6) is -1.03. The molecule has 0 saturated carbocycles. The first-order chi connectivity index (χ1) is 25.8. The number of pyridine rings is 1. The van der Waals surface area contributed by atoms with E-state index in [-0.39, 0.29) is 59.8 Å². The molecule has 8 rings (SSSR count). The second-order valence-corrected chi connectivity index (χ2v) is 15.2. The van der Waals surface area contributed by atoms with Gasteiger partial charge in [-0.2, -0.15) is 15.0 Å². The number of hydrogen-bond acceptors (Lipinski definition) is 11. The maximum absolute atomic E-state index is 16.9. The second-order valence-electron chi connectivity index (χ2n) is 14.8. The van der Waals surface area contributed by atoms with Gasteiger partial charge < -0.3 is 24.2 Å². The minimum Gasteiger partial charge on any atom is -0.461 e. The summed E-state index contributed by atoms with van der Waals surface area (Å²) >= 11 is 6.60. The molecule has 16 heteroatoms. The molecule has 3 aliphatic heterocycles. The highest BCUT2D eigenvalue weighted by Crippen LogP contribution is 2.41. The van der Waals surface area contributed by atoms with E-state index in [1.165, 1.54) is 37.1 Å². The van der Waals surface area contributed by atoms with E-state index in [1.54, 1.807) is 30.1 Å². The summed E-state index contributed by atoms with van der Waals surface area (Å²) < 4.78 is 58.6. The van der Waals surface area contributed by atoms with Gasteiger partial charge in [0, 0.05) is 60.9 Å². The Morgan fingerprint density at radius 2 is 1.96 bits per heavy atom. The van der Waals surface area contributed by atoms with Crippen molar-refractivity contribution in [1.82, 2.24) is 34.9 Å². The molecule has 3 aliphatic rings. The Hall–Kier alpha value is -4.86. The molecule has 3 saturated heterocycles. The van der Waals surface area contributed by atoms with Crippen LogP contribution in [0.1, 0.15) is 44.8 Å². The van der Waals surface area contributed by atoms with Crippen LogP contribution < -0.4 is 9.64 Å². The van der Waals surface area contributed by atoms with Crippen molar-refractivity contribution < 1.29 is 32.3 Å². The summed E-state index contributed by atoms with van der Waals surface area (Å²) in [6, 6.07) is 9.78. The van der Waals surface area contributed by atoms with E-state index in [0.29, 0.717) is 28.9 Å². The van der Waals surface area contributed by atoms with Crippen LogP contribution in [0.3, 0.4) is 0 Å². The van der Waals surface area contributed by atoms with Gasteiger partial charge in [-0.3, -0.25) is 14.7 Å². The van der Waals surface area contributed by atoms with E-state index in [2.05, 4.69) is 30.0 Å². The Bertz CT molecular complexity index is 2280. The lowest BCUT2D eigenvalue weighted by Crippen LogP contribution is -2.43. The number of likely N-dealkylation sites (N-methyl/N-ethyl adjacent to an activating group) is 1. The third-order valence-electron chi connectivity index (χ3n) is 10.7. The lowest BCUT2D eigenvalue weighted by Gasteiger charge is -2.31. The molecule has 1 N–H and O–H groups in total. The topological polar surface area (TPSA) is 134 Å². The van der Waals surface area contributed by atoms with Crippen molar-refractivity contribution in [3.63, 3.8) is 0 Å². The predicted octanol–water partition coefficient (Wildman–Crippen LogP) is 5.90. The van der Waals surface area contributed by atoms with E-state index in [0.717, 1.165) is 24.8 Å². The molecule has 1 unspecified atom stereocenters. The number of halogens is 4. The van der Waals surface area contributed by atoms with E-state index in [4.69, 9.17) is 20.9 Å². The van der Waals surface area contributed by atoms with Crippen LogP contribution in [-0.4, -0.2) is 110 Å². The number of fused-ring (bicyclic) bond motifs is 3. The number of carbonyl (C=O) groups is 1. The van der Waals surface area contributed by atoms with E-state index in [1.807, 2.05) is 18.2 Å².